The number of nitrogens with zero attached hydrogens (tertiary/aromatic N) is 2. The van der Waals surface area contributed by atoms with E-state index in [0.717, 1.165) is 30.1 Å². The van der Waals surface area contributed by atoms with Gasteiger partial charge in [0.05, 0.1) is 18.8 Å². The van der Waals surface area contributed by atoms with Gasteiger partial charge in [-0.3, -0.25) is 9.59 Å². The van der Waals surface area contributed by atoms with E-state index in [1.807, 2.05) is 56.3 Å². The molecule has 1 aliphatic rings. The number of benzene rings is 2. The molecule has 0 spiro atoms. The van der Waals surface area contributed by atoms with Crippen LogP contribution in [0.15, 0.2) is 48.5 Å². The standard InChI is InChI=1S/C22H27N3O3/c1-3-28-20-10-5-4-9-19(20)24-11-13-25(14-12-24)21(26)16-23-22(27)18-8-6-7-17(2)15-18/h4-10,15H,3,11-14,16H2,1-2H3,(H,23,27). The second-order valence-corrected chi connectivity index (χ2v) is 6.82. The van der Waals surface area contributed by atoms with E-state index in [4.69, 9.17) is 4.74 Å². The summed E-state index contributed by atoms with van der Waals surface area (Å²) in [6, 6.07) is 15.3. The fourth-order valence-electron chi connectivity index (χ4n) is 3.35. The molecule has 0 saturated carbocycles. The maximum atomic E-state index is 12.5. The van der Waals surface area contributed by atoms with E-state index in [1.54, 1.807) is 11.0 Å². The Hall–Kier alpha value is -3.02. The van der Waals surface area contributed by atoms with Crippen molar-refractivity contribution in [3.63, 3.8) is 0 Å². The Bertz CT molecular complexity index is 829. The third-order valence-corrected chi connectivity index (χ3v) is 4.82. The minimum Gasteiger partial charge on any atom is -0.492 e. The molecule has 2 aromatic rings. The van der Waals surface area contributed by atoms with Gasteiger partial charge in [0, 0.05) is 31.7 Å². The van der Waals surface area contributed by atoms with E-state index in [-0.39, 0.29) is 18.4 Å². The Balaban J connectivity index is 1.51. The van der Waals surface area contributed by atoms with Crippen molar-refractivity contribution in [1.29, 1.82) is 0 Å². The van der Waals surface area contributed by atoms with E-state index in [1.165, 1.54) is 0 Å². The highest BCUT2D eigenvalue weighted by Crippen LogP contribution is 2.28. The summed E-state index contributed by atoms with van der Waals surface area (Å²) in [6.07, 6.45) is 0. The first-order valence-electron chi connectivity index (χ1n) is 9.68. The number of nitrogens with one attached hydrogen (secondary N) is 1. The highest BCUT2D eigenvalue weighted by molar-refractivity contribution is 5.96. The van der Waals surface area contributed by atoms with Gasteiger partial charge in [0.15, 0.2) is 0 Å². The van der Waals surface area contributed by atoms with Gasteiger partial charge in [0.2, 0.25) is 5.91 Å². The largest absolute Gasteiger partial charge is 0.492 e. The number of piperazine rings is 1. The SMILES string of the molecule is CCOc1ccccc1N1CCN(C(=O)CNC(=O)c2cccc(C)c2)CC1. The number of hydrogen-bond donors (Lipinski definition) is 1. The van der Waals surface area contributed by atoms with Crippen LogP contribution in [0.25, 0.3) is 0 Å². The van der Waals surface area contributed by atoms with Gasteiger partial charge in [-0.2, -0.15) is 0 Å². The maximum absolute atomic E-state index is 12.5. The lowest BCUT2D eigenvalue weighted by Gasteiger charge is -2.36. The second kappa shape index (κ2) is 9.26. The number of carbonyl (C=O) groups excluding carboxylic acids is 2. The molecular weight excluding hydrogens is 354 g/mol. The molecule has 6 heteroatoms. The van der Waals surface area contributed by atoms with Gasteiger partial charge >= 0.3 is 0 Å². The predicted molar refractivity (Wildman–Crippen MR) is 110 cm³/mol. The fourth-order valence-corrected chi connectivity index (χ4v) is 3.35. The lowest BCUT2D eigenvalue weighted by Crippen LogP contribution is -2.51. The first kappa shape index (κ1) is 19.7. The van der Waals surface area contributed by atoms with Crippen molar-refractivity contribution in [1.82, 2.24) is 10.2 Å². The molecule has 28 heavy (non-hydrogen) atoms. The zero-order valence-corrected chi connectivity index (χ0v) is 16.5. The van der Waals surface area contributed by atoms with Crippen LogP contribution >= 0.6 is 0 Å². The van der Waals surface area contributed by atoms with Crippen LogP contribution in [0.4, 0.5) is 5.69 Å². The Morgan fingerprint density at radius 1 is 1.04 bits per heavy atom. The normalized spacial score (nSPS) is 13.9. The van der Waals surface area contributed by atoms with Crippen LogP contribution in [0.1, 0.15) is 22.8 Å². The summed E-state index contributed by atoms with van der Waals surface area (Å²) < 4.78 is 5.71. The van der Waals surface area contributed by atoms with Crippen molar-refractivity contribution in [3.8, 4) is 5.75 Å². The molecule has 0 radical (unpaired) electrons. The van der Waals surface area contributed by atoms with Gasteiger partial charge in [-0.05, 0) is 38.1 Å². The van der Waals surface area contributed by atoms with Crippen molar-refractivity contribution < 1.29 is 14.3 Å². The summed E-state index contributed by atoms with van der Waals surface area (Å²) in [6.45, 7) is 7.27. The van der Waals surface area contributed by atoms with Crippen molar-refractivity contribution in [2.24, 2.45) is 0 Å². The fraction of sp³-hybridized carbons (Fsp3) is 0.364. The number of ether oxygens (including phenoxy) is 1. The third kappa shape index (κ3) is 4.82. The average molecular weight is 381 g/mol. The van der Waals surface area contributed by atoms with Crippen molar-refractivity contribution in [2.75, 3.05) is 44.2 Å². The van der Waals surface area contributed by atoms with Crippen molar-refractivity contribution in [3.05, 3.63) is 59.7 Å². The average Bonchev–Trinajstić information content (AvgIpc) is 2.72. The smallest absolute Gasteiger partial charge is 0.251 e. The monoisotopic (exact) mass is 381 g/mol. The van der Waals surface area contributed by atoms with Gasteiger partial charge < -0.3 is 19.9 Å². The topological polar surface area (TPSA) is 61.9 Å². The summed E-state index contributed by atoms with van der Waals surface area (Å²) in [5.41, 5.74) is 2.65. The zero-order chi connectivity index (χ0) is 19.9. The molecular formula is C22H27N3O3. The Labute approximate surface area is 166 Å². The van der Waals surface area contributed by atoms with Gasteiger partial charge in [-0.1, -0.05) is 29.8 Å². The summed E-state index contributed by atoms with van der Waals surface area (Å²) in [7, 11) is 0. The van der Waals surface area contributed by atoms with Gasteiger partial charge in [0.25, 0.3) is 5.91 Å². The van der Waals surface area contributed by atoms with Crippen LogP contribution in [-0.4, -0.2) is 56.0 Å². The second-order valence-electron chi connectivity index (χ2n) is 6.82. The molecule has 1 saturated heterocycles. The third-order valence-electron chi connectivity index (χ3n) is 4.82. The Morgan fingerprint density at radius 3 is 2.50 bits per heavy atom. The molecule has 0 unspecified atom stereocenters. The van der Waals surface area contributed by atoms with Gasteiger partial charge in [0.1, 0.15) is 5.75 Å². The molecule has 0 aromatic heterocycles. The zero-order valence-electron chi connectivity index (χ0n) is 16.5. The molecule has 148 valence electrons. The summed E-state index contributed by atoms with van der Waals surface area (Å²) in [4.78, 5) is 28.7. The van der Waals surface area contributed by atoms with Crippen LogP contribution in [0.3, 0.4) is 0 Å². The summed E-state index contributed by atoms with van der Waals surface area (Å²) in [5, 5.41) is 2.73. The highest BCUT2D eigenvalue weighted by atomic mass is 16.5. The Morgan fingerprint density at radius 2 is 1.79 bits per heavy atom. The minimum absolute atomic E-state index is 0.0162. The summed E-state index contributed by atoms with van der Waals surface area (Å²) in [5.74, 6) is 0.593. The van der Waals surface area contributed by atoms with E-state index in [2.05, 4.69) is 10.2 Å². The molecule has 1 aliphatic heterocycles. The van der Waals surface area contributed by atoms with Crippen LogP contribution in [0.2, 0.25) is 0 Å². The number of anilines is 1. The van der Waals surface area contributed by atoms with Crippen molar-refractivity contribution >= 4 is 17.5 Å². The molecule has 0 atom stereocenters. The molecule has 2 aromatic carbocycles. The van der Waals surface area contributed by atoms with E-state index in [9.17, 15) is 9.59 Å². The van der Waals surface area contributed by atoms with E-state index < -0.39 is 0 Å². The quantitative estimate of drug-likeness (QED) is 0.835. The van der Waals surface area contributed by atoms with E-state index in [0.29, 0.717) is 25.3 Å². The molecule has 2 amide bonds. The number of amides is 2. The molecule has 0 aliphatic carbocycles. The molecule has 3 rings (SSSR count). The number of carbonyl (C=O) groups is 2. The van der Waals surface area contributed by atoms with Crippen LogP contribution < -0.4 is 15.0 Å². The highest BCUT2D eigenvalue weighted by Gasteiger charge is 2.23. The molecule has 1 fully saturated rings. The molecule has 1 heterocycles. The number of para-hydroxylation sites is 2. The minimum atomic E-state index is -0.221. The number of aryl methyl sites for hydroxylation is 1. The molecule has 6 nitrogen and oxygen atoms in total. The Kier molecular flexibility index (Phi) is 6.53. The van der Waals surface area contributed by atoms with E-state index >= 15 is 0 Å². The maximum Gasteiger partial charge on any atom is 0.251 e. The predicted octanol–water partition coefficient (Wildman–Crippen LogP) is 2.47. The number of rotatable bonds is 6. The first-order valence-corrected chi connectivity index (χ1v) is 9.68. The van der Waals surface area contributed by atoms with Gasteiger partial charge in [-0.25, -0.2) is 0 Å². The van der Waals surface area contributed by atoms with Crippen LogP contribution in [-0.2, 0) is 4.79 Å². The molecule has 0 bridgehead atoms. The first-order chi connectivity index (χ1) is 13.6. The lowest BCUT2D eigenvalue weighted by atomic mass is 10.1. The van der Waals surface area contributed by atoms with Gasteiger partial charge in [-0.15, -0.1) is 0 Å². The summed E-state index contributed by atoms with van der Waals surface area (Å²) >= 11 is 0. The lowest BCUT2D eigenvalue weighted by molar-refractivity contribution is -0.130. The molecule has 1 N–H and O–H groups in total. The van der Waals surface area contributed by atoms with Crippen LogP contribution in [0, 0.1) is 6.92 Å². The van der Waals surface area contributed by atoms with Crippen LogP contribution in [0.5, 0.6) is 5.75 Å². The van der Waals surface area contributed by atoms with Crippen molar-refractivity contribution in [2.45, 2.75) is 13.8 Å². The number of hydrogen-bond acceptors (Lipinski definition) is 4.